The highest BCUT2D eigenvalue weighted by molar-refractivity contribution is 5.87. The van der Waals surface area contributed by atoms with Crippen LogP contribution in [0.15, 0.2) is 51.6 Å². The van der Waals surface area contributed by atoms with Crippen LogP contribution in [-0.4, -0.2) is 18.2 Å². The highest BCUT2D eigenvalue weighted by Gasteiger charge is 2.16. The van der Waals surface area contributed by atoms with Gasteiger partial charge in [0.25, 0.3) is 0 Å². The fraction of sp³-hybridized carbons (Fsp3) is 0.176. The second-order valence-corrected chi connectivity index (χ2v) is 4.89. The van der Waals surface area contributed by atoms with Gasteiger partial charge in [0.2, 0.25) is 5.76 Å². The van der Waals surface area contributed by atoms with E-state index in [2.05, 4.69) is 5.16 Å². The monoisotopic (exact) mass is 313 g/mol. The first-order valence-corrected chi connectivity index (χ1v) is 6.99. The van der Waals surface area contributed by atoms with Crippen LogP contribution < -0.4 is 4.74 Å². The second-order valence-electron chi connectivity index (χ2n) is 4.89. The number of nitrogens with zero attached hydrogens (tertiary/aromatic N) is 1. The van der Waals surface area contributed by atoms with E-state index in [0.717, 1.165) is 11.1 Å². The third-order valence-electron chi connectivity index (χ3n) is 3.33. The van der Waals surface area contributed by atoms with Gasteiger partial charge in [-0.15, -0.1) is 0 Å². The van der Waals surface area contributed by atoms with Gasteiger partial charge in [-0.1, -0.05) is 17.3 Å². The molecule has 3 aromatic rings. The predicted octanol–water partition coefficient (Wildman–Crippen LogP) is 3.61. The number of hydrogen-bond acceptors (Lipinski definition) is 6. The van der Waals surface area contributed by atoms with Gasteiger partial charge in [-0.25, -0.2) is 4.79 Å². The van der Waals surface area contributed by atoms with Gasteiger partial charge in [-0.3, -0.25) is 0 Å². The van der Waals surface area contributed by atoms with Crippen molar-refractivity contribution in [3.8, 4) is 17.0 Å². The molecular weight excluding hydrogens is 298 g/mol. The number of aryl methyl sites for hydroxylation is 1. The van der Waals surface area contributed by atoms with Crippen molar-refractivity contribution in [2.75, 3.05) is 7.11 Å². The van der Waals surface area contributed by atoms with Gasteiger partial charge in [0.1, 0.15) is 11.4 Å². The normalized spacial score (nSPS) is 10.5. The molecule has 6 nitrogen and oxygen atoms in total. The van der Waals surface area contributed by atoms with E-state index < -0.39 is 5.97 Å². The Morgan fingerprint density at radius 3 is 2.83 bits per heavy atom. The summed E-state index contributed by atoms with van der Waals surface area (Å²) in [6, 6.07) is 10.9. The van der Waals surface area contributed by atoms with Crippen molar-refractivity contribution in [3.63, 3.8) is 0 Å². The predicted molar refractivity (Wildman–Crippen MR) is 81.1 cm³/mol. The molecule has 0 saturated heterocycles. The lowest BCUT2D eigenvalue weighted by Crippen LogP contribution is -2.04. The van der Waals surface area contributed by atoms with Crippen LogP contribution in [0.3, 0.4) is 0 Å². The van der Waals surface area contributed by atoms with E-state index in [1.54, 1.807) is 26.2 Å². The molecule has 2 aromatic heterocycles. The van der Waals surface area contributed by atoms with Gasteiger partial charge in [-0.05, 0) is 25.1 Å². The molecule has 0 aliphatic rings. The topological polar surface area (TPSA) is 74.7 Å². The van der Waals surface area contributed by atoms with Crippen LogP contribution in [0, 0.1) is 6.92 Å². The maximum atomic E-state index is 11.9. The van der Waals surface area contributed by atoms with Crippen molar-refractivity contribution in [2.24, 2.45) is 0 Å². The third kappa shape index (κ3) is 3.11. The zero-order chi connectivity index (χ0) is 16.2. The van der Waals surface area contributed by atoms with E-state index in [1.807, 2.05) is 24.3 Å². The van der Waals surface area contributed by atoms with E-state index in [1.165, 1.54) is 6.26 Å². The van der Waals surface area contributed by atoms with Gasteiger partial charge in [0.15, 0.2) is 12.4 Å². The van der Waals surface area contributed by atoms with Crippen LogP contribution in [-0.2, 0) is 11.3 Å². The Morgan fingerprint density at radius 1 is 1.26 bits per heavy atom. The first-order chi connectivity index (χ1) is 11.2. The fourth-order valence-corrected chi connectivity index (χ4v) is 2.15. The fourth-order valence-electron chi connectivity index (χ4n) is 2.15. The number of para-hydroxylation sites is 1. The number of hydrogen-bond donors (Lipinski definition) is 0. The molecule has 0 unspecified atom stereocenters. The maximum absolute atomic E-state index is 11.9. The minimum absolute atomic E-state index is 0.0267. The Kier molecular flexibility index (Phi) is 4.14. The van der Waals surface area contributed by atoms with Crippen LogP contribution in [0.2, 0.25) is 0 Å². The maximum Gasteiger partial charge on any atom is 0.374 e. The molecule has 1 aromatic carbocycles. The summed E-state index contributed by atoms with van der Waals surface area (Å²) < 4.78 is 20.7. The molecule has 0 aliphatic heterocycles. The number of benzene rings is 1. The van der Waals surface area contributed by atoms with Gasteiger partial charge >= 0.3 is 5.97 Å². The Labute approximate surface area is 132 Å². The summed E-state index contributed by atoms with van der Waals surface area (Å²) in [5.41, 5.74) is 2.14. The van der Waals surface area contributed by atoms with E-state index >= 15 is 0 Å². The van der Waals surface area contributed by atoms with Crippen molar-refractivity contribution in [1.82, 2.24) is 5.16 Å². The average molecular weight is 313 g/mol. The highest BCUT2D eigenvalue weighted by Crippen LogP contribution is 2.29. The minimum Gasteiger partial charge on any atom is -0.496 e. The van der Waals surface area contributed by atoms with Gasteiger partial charge in [-0.2, -0.15) is 0 Å². The van der Waals surface area contributed by atoms with Crippen LogP contribution >= 0.6 is 0 Å². The number of carbonyl (C=O) groups is 1. The number of methoxy groups -OCH3 is 1. The molecule has 118 valence electrons. The Bertz CT molecular complexity index is 818. The van der Waals surface area contributed by atoms with Gasteiger partial charge < -0.3 is 18.4 Å². The molecule has 0 aliphatic carbocycles. The molecule has 0 bridgehead atoms. The minimum atomic E-state index is -0.539. The summed E-state index contributed by atoms with van der Waals surface area (Å²) in [4.78, 5) is 11.9. The molecule has 3 rings (SSSR count). The SMILES string of the molecule is COc1ccccc1-c1cc(COC(=O)c2occc2C)on1. The molecular formula is C17H15NO5. The molecule has 0 fully saturated rings. The van der Waals surface area contributed by atoms with Crippen LogP contribution in [0.25, 0.3) is 11.3 Å². The summed E-state index contributed by atoms with van der Waals surface area (Å²) in [7, 11) is 1.59. The summed E-state index contributed by atoms with van der Waals surface area (Å²) in [6.07, 6.45) is 1.44. The lowest BCUT2D eigenvalue weighted by Gasteiger charge is -2.03. The van der Waals surface area contributed by atoms with Gasteiger partial charge in [0, 0.05) is 17.2 Å². The molecule has 0 spiro atoms. The molecule has 0 radical (unpaired) electrons. The zero-order valence-electron chi connectivity index (χ0n) is 12.7. The summed E-state index contributed by atoms with van der Waals surface area (Å²) in [5, 5.41) is 3.98. The van der Waals surface area contributed by atoms with E-state index in [-0.39, 0.29) is 12.4 Å². The summed E-state index contributed by atoms with van der Waals surface area (Å²) in [6.45, 7) is 1.75. The number of ether oxygens (including phenoxy) is 2. The van der Waals surface area contributed by atoms with E-state index in [9.17, 15) is 4.79 Å². The Hall–Kier alpha value is -3.02. The van der Waals surface area contributed by atoms with Crippen LogP contribution in [0.4, 0.5) is 0 Å². The number of aromatic nitrogens is 1. The first-order valence-electron chi connectivity index (χ1n) is 6.99. The quantitative estimate of drug-likeness (QED) is 0.670. The molecule has 0 amide bonds. The lowest BCUT2D eigenvalue weighted by atomic mass is 10.1. The van der Waals surface area contributed by atoms with E-state index in [4.69, 9.17) is 18.4 Å². The van der Waals surface area contributed by atoms with Crippen LogP contribution in [0.1, 0.15) is 21.9 Å². The van der Waals surface area contributed by atoms with Crippen molar-refractivity contribution >= 4 is 5.97 Å². The second kappa shape index (κ2) is 6.39. The first kappa shape index (κ1) is 14.9. The molecule has 0 atom stereocenters. The molecule has 0 saturated carbocycles. The number of furan rings is 1. The number of esters is 1. The van der Waals surface area contributed by atoms with E-state index in [0.29, 0.717) is 17.2 Å². The van der Waals surface area contributed by atoms with Crippen molar-refractivity contribution < 1.29 is 23.2 Å². The van der Waals surface area contributed by atoms with Crippen molar-refractivity contribution in [3.05, 3.63) is 59.7 Å². The summed E-state index contributed by atoms with van der Waals surface area (Å²) in [5.74, 6) is 0.774. The van der Waals surface area contributed by atoms with Crippen molar-refractivity contribution in [1.29, 1.82) is 0 Å². The standard InChI is InChI=1S/C17H15NO5/c1-11-7-8-21-16(11)17(19)22-10-12-9-14(18-23-12)13-5-3-4-6-15(13)20-2/h3-9H,10H2,1-2H3. The molecule has 23 heavy (non-hydrogen) atoms. The smallest absolute Gasteiger partial charge is 0.374 e. The molecule has 2 heterocycles. The third-order valence-corrected chi connectivity index (χ3v) is 3.33. The van der Waals surface area contributed by atoms with Gasteiger partial charge in [0.05, 0.1) is 13.4 Å². The molecule has 6 heteroatoms. The zero-order valence-corrected chi connectivity index (χ0v) is 12.7. The van der Waals surface area contributed by atoms with Crippen molar-refractivity contribution in [2.45, 2.75) is 13.5 Å². The highest BCUT2D eigenvalue weighted by atomic mass is 16.6. The number of rotatable bonds is 5. The summed E-state index contributed by atoms with van der Waals surface area (Å²) >= 11 is 0. The molecule has 0 N–H and O–H groups in total. The Balaban J connectivity index is 1.70. The average Bonchev–Trinajstić information content (AvgIpc) is 3.21. The van der Waals surface area contributed by atoms with Crippen LogP contribution in [0.5, 0.6) is 5.75 Å². The largest absolute Gasteiger partial charge is 0.496 e. The number of carbonyl (C=O) groups excluding carboxylic acids is 1. The Morgan fingerprint density at radius 2 is 2.09 bits per heavy atom. The lowest BCUT2D eigenvalue weighted by molar-refractivity contribution is 0.0400.